The lowest BCUT2D eigenvalue weighted by Gasteiger charge is -2.19. The van der Waals surface area contributed by atoms with E-state index in [1.54, 1.807) is 0 Å². The zero-order valence-corrected chi connectivity index (χ0v) is 15.6. The first-order valence-electron chi connectivity index (χ1n) is 9.07. The molecule has 27 heavy (non-hydrogen) atoms. The van der Waals surface area contributed by atoms with Crippen LogP contribution >= 0.6 is 0 Å². The second kappa shape index (κ2) is 8.08. The largest absolute Gasteiger partial charge is 0.481 e. The molecule has 5 heteroatoms. The predicted molar refractivity (Wildman–Crippen MR) is 106 cm³/mol. The summed E-state index contributed by atoms with van der Waals surface area (Å²) in [5, 5.41) is 13.2. The Bertz CT molecular complexity index is 975. The molecule has 0 saturated heterocycles. The first kappa shape index (κ1) is 18.7. The molecule has 1 atom stereocenters. The maximum Gasteiger partial charge on any atom is 0.305 e. The average molecular weight is 364 g/mol. The first-order valence-corrected chi connectivity index (χ1v) is 9.07. The van der Waals surface area contributed by atoms with Gasteiger partial charge in [0.25, 0.3) is 0 Å². The zero-order chi connectivity index (χ0) is 19.4. The molecule has 1 amide bonds. The molecule has 3 rings (SSSR count). The van der Waals surface area contributed by atoms with Crippen LogP contribution in [0.25, 0.3) is 10.9 Å². The highest BCUT2D eigenvalue weighted by Crippen LogP contribution is 2.23. The van der Waals surface area contributed by atoms with Crippen molar-refractivity contribution in [1.29, 1.82) is 0 Å². The highest BCUT2D eigenvalue weighted by molar-refractivity contribution is 5.85. The minimum atomic E-state index is -0.935. The third kappa shape index (κ3) is 4.56. The quantitative estimate of drug-likeness (QED) is 0.591. The van der Waals surface area contributed by atoms with Gasteiger partial charge in [0.05, 0.1) is 12.5 Å². The number of carboxylic acids is 1. The lowest BCUT2D eigenvalue weighted by Crippen LogP contribution is -2.30. The maximum atomic E-state index is 12.5. The van der Waals surface area contributed by atoms with Crippen LogP contribution in [0.4, 0.5) is 0 Å². The van der Waals surface area contributed by atoms with E-state index in [9.17, 15) is 14.7 Å². The van der Waals surface area contributed by atoms with E-state index in [1.165, 1.54) is 5.56 Å². The fourth-order valence-electron chi connectivity index (χ4n) is 3.40. The van der Waals surface area contributed by atoms with Crippen LogP contribution in [-0.4, -0.2) is 22.0 Å². The van der Waals surface area contributed by atoms with Gasteiger partial charge >= 0.3 is 5.97 Å². The second-order valence-corrected chi connectivity index (χ2v) is 6.94. The Hall–Kier alpha value is -3.08. The summed E-state index contributed by atoms with van der Waals surface area (Å²) in [7, 11) is 0. The minimum Gasteiger partial charge on any atom is -0.481 e. The van der Waals surface area contributed by atoms with Crippen LogP contribution in [0.2, 0.25) is 0 Å². The molecule has 0 fully saturated rings. The Morgan fingerprint density at radius 3 is 2.67 bits per heavy atom. The zero-order valence-electron chi connectivity index (χ0n) is 15.6. The fourth-order valence-corrected chi connectivity index (χ4v) is 3.40. The van der Waals surface area contributed by atoms with Gasteiger partial charge < -0.3 is 15.4 Å². The van der Waals surface area contributed by atoms with Crippen molar-refractivity contribution in [3.05, 3.63) is 70.9 Å². The number of hydrogen-bond acceptors (Lipinski definition) is 2. The van der Waals surface area contributed by atoms with Crippen molar-refractivity contribution < 1.29 is 14.7 Å². The number of hydrogen-bond donors (Lipinski definition) is 3. The number of carbonyl (C=O) groups excluding carboxylic acids is 1. The van der Waals surface area contributed by atoms with Crippen LogP contribution in [-0.2, 0) is 16.0 Å². The highest BCUT2D eigenvalue weighted by Gasteiger charge is 2.19. The van der Waals surface area contributed by atoms with Gasteiger partial charge in [-0.25, -0.2) is 0 Å². The summed E-state index contributed by atoms with van der Waals surface area (Å²) < 4.78 is 0. The molecule has 0 aliphatic heterocycles. The summed E-state index contributed by atoms with van der Waals surface area (Å²) in [6.45, 7) is 3.96. The molecule has 2 aromatic carbocycles. The Kier molecular flexibility index (Phi) is 5.60. The molecular weight excluding hydrogens is 340 g/mol. The molecule has 0 aliphatic rings. The number of rotatable bonds is 7. The Balaban J connectivity index is 1.69. The van der Waals surface area contributed by atoms with Crippen LogP contribution in [0.15, 0.2) is 48.7 Å². The normalized spacial score (nSPS) is 12.1. The van der Waals surface area contributed by atoms with Crippen molar-refractivity contribution in [2.45, 2.75) is 39.2 Å². The van der Waals surface area contributed by atoms with E-state index >= 15 is 0 Å². The van der Waals surface area contributed by atoms with E-state index in [2.05, 4.69) is 16.4 Å². The molecule has 0 aliphatic carbocycles. The van der Waals surface area contributed by atoms with E-state index in [-0.39, 0.29) is 12.3 Å². The lowest BCUT2D eigenvalue weighted by molar-refractivity contribution is -0.137. The van der Waals surface area contributed by atoms with E-state index in [0.29, 0.717) is 12.8 Å². The number of carbonyl (C=O) groups is 2. The second-order valence-electron chi connectivity index (χ2n) is 6.94. The van der Waals surface area contributed by atoms with Gasteiger partial charge in [0.2, 0.25) is 5.91 Å². The molecule has 5 nitrogen and oxygen atoms in total. The Morgan fingerprint density at radius 2 is 1.93 bits per heavy atom. The molecule has 1 aromatic heterocycles. The molecule has 0 spiro atoms. The van der Waals surface area contributed by atoms with Gasteiger partial charge in [0, 0.05) is 23.5 Å². The standard InChI is InChI=1S/C22H24N2O3/c1-14-7-9-19-18(11-14)16(13-23-19)8-10-21(25)24-20(12-22(26)27)17-6-4-3-5-15(17)2/h3-7,9,11,13,20,23H,8,10,12H2,1-2H3,(H,24,25)(H,26,27). The van der Waals surface area contributed by atoms with Crippen LogP contribution in [0.3, 0.4) is 0 Å². The van der Waals surface area contributed by atoms with Crippen LogP contribution in [0.5, 0.6) is 0 Å². The smallest absolute Gasteiger partial charge is 0.305 e. The number of nitrogens with one attached hydrogen (secondary N) is 2. The molecule has 0 saturated carbocycles. The summed E-state index contributed by atoms with van der Waals surface area (Å²) in [5.41, 5.74) is 5.13. The molecule has 3 N–H and O–H groups in total. The van der Waals surface area contributed by atoms with E-state index < -0.39 is 12.0 Å². The number of aromatic nitrogens is 1. The lowest BCUT2D eigenvalue weighted by atomic mass is 9.98. The van der Waals surface area contributed by atoms with Gasteiger partial charge in [-0.05, 0) is 49.1 Å². The maximum absolute atomic E-state index is 12.5. The van der Waals surface area contributed by atoms with Crippen LogP contribution in [0, 0.1) is 13.8 Å². The highest BCUT2D eigenvalue weighted by atomic mass is 16.4. The number of benzene rings is 2. The number of amides is 1. The van der Waals surface area contributed by atoms with Gasteiger partial charge in [-0.3, -0.25) is 9.59 Å². The summed E-state index contributed by atoms with van der Waals surface area (Å²) in [6.07, 6.45) is 2.71. The van der Waals surface area contributed by atoms with Gasteiger partial charge in [-0.2, -0.15) is 0 Å². The molecule has 1 heterocycles. The van der Waals surface area contributed by atoms with Crippen molar-refractivity contribution in [2.75, 3.05) is 0 Å². The molecule has 0 radical (unpaired) electrons. The Labute approximate surface area is 158 Å². The number of H-pyrrole nitrogens is 1. The number of aryl methyl sites for hydroxylation is 3. The Morgan fingerprint density at radius 1 is 1.15 bits per heavy atom. The summed E-state index contributed by atoms with van der Waals surface area (Å²) in [5.74, 6) is -1.08. The number of aliphatic carboxylic acids is 1. The number of carboxylic acid groups (broad SMARTS) is 1. The van der Waals surface area contributed by atoms with Gasteiger partial charge in [-0.15, -0.1) is 0 Å². The summed E-state index contributed by atoms with van der Waals surface area (Å²) in [4.78, 5) is 27.0. The monoisotopic (exact) mass is 364 g/mol. The van der Waals surface area contributed by atoms with Crippen molar-refractivity contribution >= 4 is 22.8 Å². The van der Waals surface area contributed by atoms with Gasteiger partial charge in [-0.1, -0.05) is 35.9 Å². The van der Waals surface area contributed by atoms with Gasteiger partial charge in [0.1, 0.15) is 0 Å². The van der Waals surface area contributed by atoms with Crippen molar-refractivity contribution in [3.63, 3.8) is 0 Å². The molecule has 0 bridgehead atoms. The summed E-state index contributed by atoms with van der Waals surface area (Å²) in [6, 6.07) is 13.2. The van der Waals surface area contributed by atoms with E-state index in [1.807, 2.05) is 56.4 Å². The van der Waals surface area contributed by atoms with E-state index in [0.717, 1.165) is 27.6 Å². The molecule has 140 valence electrons. The molecular formula is C22H24N2O3. The fraction of sp³-hybridized carbons (Fsp3) is 0.273. The van der Waals surface area contributed by atoms with Crippen molar-refractivity contribution in [1.82, 2.24) is 10.3 Å². The number of aromatic amines is 1. The van der Waals surface area contributed by atoms with Gasteiger partial charge in [0.15, 0.2) is 0 Å². The van der Waals surface area contributed by atoms with Crippen LogP contribution in [0.1, 0.15) is 41.1 Å². The third-order valence-corrected chi connectivity index (χ3v) is 4.82. The predicted octanol–water partition coefficient (Wildman–Crippen LogP) is 4.05. The van der Waals surface area contributed by atoms with Crippen LogP contribution < -0.4 is 5.32 Å². The van der Waals surface area contributed by atoms with Crippen molar-refractivity contribution in [3.8, 4) is 0 Å². The first-order chi connectivity index (χ1) is 12.9. The van der Waals surface area contributed by atoms with E-state index in [4.69, 9.17) is 0 Å². The summed E-state index contributed by atoms with van der Waals surface area (Å²) >= 11 is 0. The molecule has 3 aromatic rings. The molecule has 1 unspecified atom stereocenters. The number of fused-ring (bicyclic) bond motifs is 1. The van der Waals surface area contributed by atoms with Crippen molar-refractivity contribution in [2.24, 2.45) is 0 Å². The topological polar surface area (TPSA) is 82.2 Å². The minimum absolute atomic E-state index is 0.136. The average Bonchev–Trinajstić information content (AvgIpc) is 3.01. The SMILES string of the molecule is Cc1ccc2[nH]cc(CCC(=O)NC(CC(=O)O)c3ccccc3C)c2c1. The third-order valence-electron chi connectivity index (χ3n) is 4.82.